The summed E-state index contributed by atoms with van der Waals surface area (Å²) in [4.78, 5) is 31.2. The summed E-state index contributed by atoms with van der Waals surface area (Å²) >= 11 is 0. The molecule has 0 spiro atoms. The Balaban J connectivity index is 0.000000166. The molecule has 18 nitrogen and oxygen atoms in total. The van der Waals surface area contributed by atoms with Crippen molar-refractivity contribution in [3.63, 3.8) is 0 Å². The van der Waals surface area contributed by atoms with Crippen molar-refractivity contribution in [2.75, 3.05) is 11.5 Å². The Bertz CT molecular complexity index is 3400. The summed E-state index contributed by atoms with van der Waals surface area (Å²) in [6.07, 6.45) is 9.29. The minimum Gasteiger partial charge on any atom is -0.482 e. The van der Waals surface area contributed by atoms with Crippen LogP contribution in [0.5, 0.6) is 11.5 Å². The number of rotatable bonds is 12. The maximum Gasteiger partial charge on any atom is 0.325 e. The first kappa shape index (κ1) is 42.4. The van der Waals surface area contributed by atoms with Gasteiger partial charge in [0.1, 0.15) is 36.9 Å². The van der Waals surface area contributed by atoms with Crippen LogP contribution in [0.2, 0.25) is 0 Å². The standard InChI is InChI=1S/C23H20FN7O2.C23H19FN6O3/c1-13(33-21-9-14-7-16(24)3-4-18(14)29-23(21)26)17-10-19-15(11-28-31(19)12-22(25)32)8-20(17)30-6-2-5-27-30;1-13(33-21-9-14-7-16(24)3-4-18(14)27-23(21)25)17-10-19-15(11-29(28-19)12-22(31)32)8-20(17)30-6-2-5-26-30/h2-11,13H,12H2,1H3,(H2,25,32)(H2,26,29);2-11,13H,12H2,1H3,(H2,25,27)(H,31,32)/t2*13-/m00/s1. The van der Waals surface area contributed by atoms with E-state index in [1.54, 1.807) is 70.7 Å². The normalized spacial score (nSPS) is 12.3. The van der Waals surface area contributed by atoms with Gasteiger partial charge in [-0.1, -0.05) is 0 Å². The van der Waals surface area contributed by atoms with E-state index in [0.717, 1.165) is 38.8 Å². The molecule has 6 aromatic heterocycles. The molecule has 0 unspecified atom stereocenters. The second-order valence-corrected chi connectivity index (χ2v) is 15.3. The minimum absolute atomic E-state index is 0.0492. The summed E-state index contributed by atoms with van der Waals surface area (Å²) in [5.74, 6) is -1.19. The van der Waals surface area contributed by atoms with Gasteiger partial charge in [0.25, 0.3) is 0 Å². The number of ether oxygens (including phenoxy) is 2. The number of nitrogen functional groups attached to an aromatic ring is 2. The number of hydrogen-bond acceptors (Lipinski definition) is 12. The van der Waals surface area contributed by atoms with Gasteiger partial charge in [0.15, 0.2) is 23.1 Å². The van der Waals surface area contributed by atoms with Gasteiger partial charge in [-0.05, 0) is 98.8 Å². The predicted octanol–water partition coefficient (Wildman–Crippen LogP) is 6.83. The molecule has 0 saturated heterocycles. The van der Waals surface area contributed by atoms with Crippen molar-refractivity contribution < 1.29 is 33.0 Å². The van der Waals surface area contributed by atoms with Gasteiger partial charge in [-0.15, -0.1) is 0 Å². The number of halogens is 2. The minimum atomic E-state index is -0.984. The summed E-state index contributed by atoms with van der Waals surface area (Å²) in [5.41, 5.74) is 23.1. The van der Waals surface area contributed by atoms with Gasteiger partial charge in [-0.25, -0.2) is 28.1 Å². The largest absolute Gasteiger partial charge is 0.482 e. The maximum absolute atomic E-state index is 13.7. The second kappa shape index (κ2) is 17.3. The number of pyridine rings is 2. The summed E-state index contributed by atoms with van der Waals surface area (Å²) < 4.78 is 46.1. The number of carboxylic acids is 1. The highest BCUT2D eigenvalue weighted by Gasteiger charge is 2.22. The highest BCUT2D eigenvalue weighted by Crippen LogP contribution is 2.36. The van der Waals surface area contributed by atoms with Gasteiger partial charge < -0.3 is 31.8 Å². The van der Waals surface area contributed by atoms with Gasteiger partial charge in [0.05, 0.1) is 39.6 Å². The molecule has 10 rings (SSSR count). The Morgan fingerprint density at radius 3 is 1.74 bits per heavy atom. The number of carboxylic acid groups (broad SMARTS) is 1. The third kappa shape index (κ3) is 8.69. The van der Waals surface area contributed by atoms with Gasteiger partial charge in [0.2, 0.25) is 5.91 Å². The molecule has 2 atom stereocenters. The van der Waals surface area contributed by atoms with E-state index in [0.29, 0.717) is 38.8 Å². The van der Waals surface area contributed by atoms with E-state index in [-0.39, 0.29) is 36.4 Å². The fourth-order valence-electron chi connectivity index (χ4n) is 7.60. The second-order valence-electron chi connectivity index (χ2n) is 15.3. The number of amides is 1. The molecule has 332 valence electrons. The highest BCUT2D eigenvalue weighted by molar-refractivity contribution is 5.86. The van der Waals surface area contributed by atoms with Crippen LogP contribution in [0.25, 0.3) is 55.0 Å². The van der Waals surface area contributed by atoms with E-state index < -0.39 is 24.1 Å². The lowest BCUT2D eigenvalue weighted by atomic mass is 10.1. The van der Waals surface area contributed by atoms with Crippen molar-refractivity contribution in [3.05, 3.63) is 145 Å². The molecule has 1 amide bonds. The first-order chi connectivity index (χ1) is 31.8. The van der Waals surface area contributed by atoms with Crippen LogP contribution in [0, 0.1) is 11.6 Å². The summed E-state index contributed by atoms with van der Waals surface area (Å²) in [7, 11) is 0. The lowest BCUT2D eigenvalue weighted by Gasteiger charge is -2.20. The van der Waals surface area contributed by atoms with Crippen molar-refractivity contribution in [1.82, 2.24) is 49.1 Å². The van der Waals surface area contributed by atoms with Crippen molar-refractivity contribution >= 4 is 67.1 Å². The molecule has 66 heavy (non-hydrogen) atoms. The zero-order valence-electron chi connectivity index (χ0n) is 35.2. The monoisotopic (exact) mass is 891 g/mol. The van der Waals surface area contributed by atoms with Gasteiger partial charge in [-0.3, -0.25) is 19.0 Å². The molecule has 0 aliphatic rings. The van der Waals surface area contributed by atoms with Crippen LogP contribution < -0.4 is 26.7 Å². The number of carbonyl (C=O) groups excluding carboxylic acids is 1. The quantitative estimate of drug-likeness (QED) is 0.0983. The fraction of sp³-hybridized carbons (Fsp3) is 0.130. The van der Waals surface area contributed by atoms with E-state index in [9.17, 15) is 18.4 Å². The van der Waals surface area contributed by atoms with Crippen LogP contribution >= 0.6 is 0 Å². The zero-order valence-corrected chi connectivity index (χ0v) is 35.2. The van der Waals surface area contributed by atoms with Crippen LogP contribution in [-0.4, -0.2) is 66.1 Å². The molecular formula is C46H39F2N13O5. The molecule has 20 heteroatoms. The summed E-state index contributed by atoms with van der Waals surface area (Å²) in [5, 5.41) is 29.1. The van der Waals surface area contributed by atoms with Crippen LogP contribution in [0.4, 0.5) is 20.4 Å². The molecule has 0 aliphatic heterocycles. The number of fused-ring (bicyclic) bond motifs is 4. The number of aliphatic carboxylic acids is 1. The number of carbonyl (C=O) groups is 2. The molecule has 0 bridgehead atoms. The van der Waals surface area contributed by atoms with Crippen molar-refractivity contribution in [1.29, 1.82) is 0 Å². The molecule has 0 aliphatic carbocycles. The lowest BCUT2D eigenvalue weighted by molar-refractivity contribution is -0.137. The summed E-state index contributed by atoms with van der Waals surface area (Å²) in [6, 6.07) is 23.0. The van der Waals surface area contributed by atoms with E-state index in [2.05, 4.69) is 30.4 Å². The number of hydrogen-bond donors (Lipinski definition) is 4. The zero-order chi connectivity index (χ0) is 46.2. The molecule has 0 fully saturated rings. The molecular weight excluding hydrogens is 853 g/mol. The number of benzene rings is 4. The highest BCUT2D eigenvalue weighted by atomic mass is 19.1. The molecule has 6 heterocycles. The van der Waals surface area contributed by atoms with Gasteiger partial charge >= 0.3 is 5.97 Å². The Morgan fingerprint density at radius 2 is 1.23 bits per heavy atom. The molecule has 10 aromatic rings. The Morgan fingerprint density at radius 1 is 0.682 bits per heavy atom. The van der Waals surface area contributed by atoms with Crippen molar-refractivity contribution in [3.8, 4) is 22.9 Å². The number of primary amides is 1. The SMILES string of the molecule is C[C@H](Oc1cc2cc(F)ccc2nc1N)c1cc2c(cnn2CC(N)=O)cc1-n1cccn1.C[C@H](Oc1cc2cc(F)ccc2nc1N)c1cc2nn(CC(=O)O)cc2cc1-n1cccn1. The topological polar surface area (TPSA) is 248 Å². The fourth-order valence-corrected chi connectivity index (χ4v) is 7.60. The van der Waals surface area contributed by atoms with E-state index >= 15 is 0 Å². The molecule has 0 radical (unpaired) electrons. The number of nitrogens with zero attached hydrogens (tertiary/aromatic N) is 10. The predicted molar refractivity (Wildman–Crippen MR) is 241 cm³/mol. The van der Waals surface area contributed by atoms with E-state index in [4.69, 9.17) is 31.8 Å². The smallest absolute Gasteiger partial charge is 0.325 e. The van der Waals surface area contributed by atoms with Crippen LogP contribution in [0.15, 0.2) is 122 Å². The maximum atomic E-state index is 13.7. The molecule has 0 saturated carbocycles. The first-order valence-corrected chi connectivity index (χ1v) is 20.3. The first-order valence-electron chi connectivity index (χ1n) is 20.3. The Hall–Kier alpha value is -8.94. The van der Waals surface area contributed by atoms with Crippen molar-refractivity contribution in [2.45, 2.75) is 39.1 Å². The van der Waals surface area contributed by atoms with Crippen molar-refractivity contribution in [2.24, 2.45) is 5.73 Å². The van der Waals surface area contributed by atoms with Crippen LogP contribution in [-0.2, 0) is 22.7 Å². The summed E-state index contributed by atoms with van der Waals surface area (Å²) in [6.45, 7) is 3.41. The number of aromatic nitrogens is 10. The van der Waals surface area contributed by atoms with Crippen LogP contribution in [0.3, 0.4) is 0 Å². The van der Waals surface area contributed by atoms with E-state index in [1.165, 1.54) is 33.6 Å². The lowest BCUT2D eigenvalue weighted by Crippen LogP contribution is -2.19. The Labute approximate surface area is 372 Å². The average molecular weight is 892 g/mol. The number of anilines is 2. The third-order valence-electron chi connectivity index (χ3n) is 10.6. The van der Waals surface area contributed by atoms with Crippen LogP contribution in [0.1, 0.15) is 37.2 Å². The molecule has 4 aromatic carbocycles. The average Bonchev–Trinajstić information content (AvgIpc) is 4.12. The van der Waals surface area contributed by atoms with Gasteiger partial charge in [-0.2, -0.15) is 20.4 Å². The van der Waals surface area contributed by atoms with Gasteiger partial charge in [0, 0.05) is 63.7 Å². The Kier molecular flexibility index (Phi) is 11.1. The third-order valence-corrected chi connectivity index (χ3v) is 10.6. The number of nitrogens with two attached hydrogens (primary N) is 3. The van der Waals surface area contributed by atoms with E-state index in [1.807, 2.05) is 50.4 Å². The molecule has 7 N–H and O–H groups in total.